The quantitative estimate of drug-likeness (QED) is 0.142. The van der Waals surface area contributed by atoms with Crippen molar-refractivity contribution in [2.45, 2.75) is 69.5 Å². The predicted molar refractivity (Wildman–Crippen MR) is 167 cm³/mol. The van der Waals surface area contributed by atoms with Crippen LogP contribution in [0.25, 0.3) is 10.8 Å². The van der Waals surface area contributed by atoms with Gasteiger partial charge in [0.25, 0.3) is 5.56 Å². The Hall–Kier alpha value is -4.17. The van der Waals surface area contributed by atoms with Crippen molar-refractivity contribution in [1.29, 1.82) is 5.41 Å². The van der Waals surface area contributed by atoms with Gasteiger partial charge in [0.1, 0.15) is 11.9 Å². The third-order valence-electron chi connectivity index (χ3n) is 8.67. The van der Waals surface area contributed by atoms with Crippen molar-refractivity contribution >= 4 is 39.9 Å². The normalized spacial score (nSPS) is 17.9. The molecule has 4 aromatic rings. The number of nitrogens with one attached hydrogen (secondary N) is 3. The van der Waals surface area contributed by atoms with Gasteiger partial charge in [-0.25, -0.2) is 4.98 Å². The van der Waals surface area contributed by atoms with E-state index in [1.165, 1.54) is 16.3 Å². The van der Waals surface area contributed by atoms with Crippen molar-refractivity contribution in [1.82, 2.24) is 14.9 Å². The van der Waals surface area contributed by atoms with Crippen molar-refractivity contribution in [2.75, 3.05) is 5.32 Å². The van der Waals surface area contributed by atoms with Crippen LogP contribution in [0.5, 0.6) is 0 Å². The number of nitrogens with zero attached hydrogens (tertiary/aromatic N) is 2. The number of benzene rings is 3. The maximum absolute atomic E-state index is 13.7. The first-order valence-corrected chi connectivity index (χ1v) is 15.0. The number of aryl methyl sites for hydroxylation is 1. The molecule has 2 atom stereocenters. The molecule has 9 heteroatoms. The molecular formula is C33H35ClN6O2. The second kappa shape index (κ2) is 12.0. The van der Waals surface area contributed by atoms with Crippen LogP contribution >= 0.6 is 11.6 Å². The van der Waals surface area contributed by atoms with Gasteiger partial charge in [0.05, 0.1) is 5.69 Å². The molecular weight excluding hydrogens is 548 g/mol. The van der Waals surface area contributed by atoms with E-state index in [2.05, 4.69) is 58.1 Å². The first-order chi connectivity index (χ1) is 20.4. The van der Waals surface area contributed by atoms with Gasteiger partial charge in [0.2, 0.25) is 5.91 Å². The Balaban J connectivity index is 1.22. The summed E-state index contributed by atoms with van der Waals surface area (Å²) in [4.78, 5) is 31.8. The molecule has 0 spiro atoms. The third-order valence-corrected chi connectivity index (χ3v) is 8.95. The largest absolute Gasteiger partial charge is 0.384 e. The van der Waals surface area contributed by atoms with Gasteiger partial charge in [-0.05, 0) is 66.8 Å². The van der Waals surface area contributed by atoms with E-state index in [4.69, 9.17) is 22.7 Å². The van der Waals surface area contributed by atoms with Crippen LogP contribution in [-0.4, -0.2) is 27.3 Å². The van der Waals surface area contributed by atoms with Crippen LogP contribution in [0.3, 0.4) is 0 Å². The number of amides is 1. The number of hydrogen-bond donors (Lipinski definition) is 4. The summed E-state index contributed by atoms with van der Waals surface area (Å²) in [6.45, 7) is 0.301. The maximum atomic E-state index is 13.7. The molecule has 0 radical (unpaired) electrons. The minimum Gasteiger partial charge on any atom is -0.384 e. The molecule has 0 saturated heterocycles. The highest BCUT2D eigenvalue weighted by atomic mass is 35.5. The van der Waals surface area contributed by atoms with Gasteiger partial charge in [-0.15, -0.1) is 0 Å². The smallest absolute Gasteiger partial charge is 0.294 e. The van der Waals surface area contributed by atoms with E-state index in [1.54, 1.807) is 16.7 Å². The van der Waals surface area contributed by atoms with Gasteiger partial charge in [-0.3, -0.25) is 19.6 Å². The lowest BCUT2D eigenvalue weighted by atomic mass is 9.93. The number of hydrogen-bond acceptors (Lipinski definition) is 5. The highest BCUT2D eigenvalue weighted by molar-refractivity contribution is 6.30. The van der Waals surface area contributed by atoms with Gasteiger partial charge in [0, 0.05) is 24.1 Å². The second-order valence-corrected chi connectivity index (χ2v) is 11.7. The Morgan fingerprint density at radius 3 is 2.57 bits per heavy atom. The number of fused-ring (bicyclic) bond motifs is 2. The lowest BCUT2D eigenvalue weighted by Gasteiger charge is -2.27. The summed E-state index contributed by atoms with van der Waals surface area (Å²) < 4.78 is 1.59. The van der Waals surface area contributed by atoms with Crippen molar-refractivity contribution in [3.8, 4) is 0 Å². The maximum Gasteiger partial charge on any atom is 0.294 e. The first kappa shape index (κ1) is 28.0. The summed E-state index contributed by atoms with van der Waals surface area (Å²) >= 11 is 6.77. The minimum absolute atomic E-state index is 0.00387. The number of amidine groups is 1. The standard InChI is InChI=1S/C33H35ClN6O2/c34-29-28-24(10-4-9-22-8-3-7-21-6-1-2-13-26(21)22)18-27(40(28)33(42)31(39-29)38-25-11-5-12-25)32(41)37-19-20-14-16-23(17-15-20)30(35)36/h1-3,6-8,13-17,24-25,27H,4-5,9-12,18-19H2,(H3,35,36)(H,37,41)(H,38,39). The van der Waals surface area contributed by atoms with Crippen molar-refractivity contribution in [3.05, 3.63) is 105 Å². The number of carbonyl (C=O) groups is 1. The molecule has 2 heterocycles. The molecule has 8 nitrogen and oxygen atoms in total. The Morgan fingerprint density at radius 2 is 1.83 bits per heavy atom. The zero-order chi connectivity index (χ0) is 29.2. The number of rotatable bonds is 10. The van der Waals surface area contributed by atoms with E-state index >= 15 is 0 Å². The Kier molecular flexibility index (Phi) is 7.98. The van der Waals surface area contributed by atoms with Gasteiger partial charge in [-0.2, -0.15) is 0 Å². The lowest BCUT2D eigenvalue weighted by Crippen LogP contribution is -2.38. The van der Waals surface area contributed by atoms with Crippen molar-refractivity contribution in [2.24, 2.45) is 5.73 Å². The fourth-order valence-electron chi connectivity index (χ4n) is 6.16. The fraction of sp³-hybridized carbons (Fsp3) is 0.333. The van der Waals surface area contributed by atoms with Crippen LogP contribution < -0.4 is 21.9 Å². The van der Waals surface area contributed by atoms with E-state index in [0.29, 0.717) is 29.4 Å². The fourth-order valence-corrected chi connectivity index (χ4v) is 6.49. The lowest BCUT2D eigenvalue weighted by molar-refractivity contribution is -0.124. The average molecular weight is 583 g/mol. The van der Waals surface area contributed by atoms with Crippen LogP contribution in [0.4, 0.5) is 5.82 Å². The topological polar surface area (TPSA) is 126 Å². The molecule has 216 valence electrons. The molecule has 1 aliphatic carbocycles. The van der Waals surface area contributed by atoms with Crippen LogP contribution in [0, 0.1) is 5.41 Å². The number of halogens is 1. The zero-order valence-electron chi connectivity index (χ0n) is 23.4. The number of nitrogens with two attached hydrogens (primary N) is 1. The molecule has 1 amide bonds. The molecule has 1 aromatic heterocycles. The van der Waals surface area contributed by atoms with Gasteiger partial charge in [-0.1, -0.05) is 78.3 Å². The molecule has 3 aromatic carbocycles. The molecule has 5 N–H and O–H groups in total. The number of aromatic nitrogens is 2. The van der Waals surface area contributed by atoms with E-state index in [-0.39, 0.29) is 35.1 Å². The van der Waals surface area contributed by atoms with Crippen molar-refractivity contribution < 1.29 is 4.79 Å². The van der Waals surface area contributed by atoms with Gasteiger partial charge in [0.15, 0.2) is 11.0 Å². The summed E-state index contributed by atoms with van der Waals surface area (Å²) in [5, 5.41) is 16.6. The van der Waals surface area contributed by atoms with Crippen LogP contribution in [0.2, 0.25) is 5.15 Å². The van der Waals surface area contributed by atoms with Crippen LogP contribution in [-0.2, 0) is 17.8 Å². The summed E-state index contributed by atoms with van der Waals surface area (Å²) in [6, 6.07) is 21.5. The summed E-state index contributed by atoms with van der Waals surface area (Å²) in [6.07, 6.45) is 6.16. The highest BCUT2D eigenvalue weighted by Crippen LogP contribution is 2.42. The van der Waals surface area contributed by atoms with Gasteiger partial charge >= 0.3 is 0 Å². The summed E-state index contributed by atoms with van der Waals surface area (Å²) in [5.74, 6) is -0.0586. The molecule has 42 heavy (non-hydrogen) atoms. The van der Waals surface area contributed by atoms with E-state index in [0.717, 1.165) is 44.1 Å². The van der Waals surface area contributed by atoms with Gasteiger partial charge < -0.3 is 16.4 Å². The number of nitrogen functional groups attached to an aromatic ring is 1. The Labute approximate surface area is 249 Å². The molecule has 2 aliphatic rings. The highest BCUT2D eigenvalue weighted by Gasteiger charge is 2.39. The molecule has 0 bridgehead atoms. The second-order valence-electron chi connectivity index (χ2n) is 11.4. The molecule has 2 unspecified atom stereocenters. The minimum atomic E-state index is -0.672. The first-order valence-electron chi connectivity index (χ1n) is 14.6. The number of carbonyl (C=O) groups excluding carboxylic acids is 1. The van der Waals surface area contributed by atoms with E-state index in [9.17, 15) is 9.59 Å². The Bertz CT molecular complexity index is 1690. The molecule has 6 rings (SSSR count). The summed E-state index contributed by atoms with van der Waals surface area (Å²) in [7, 11) is 0. The third kappa shape index (κ3) is 5.63. The molecule has 1 saturated carbocycles. The average Bonchev–Trinajstić information content (AvgIpc) is 3.37. The SMILES string of the molecule is N=C(N)c1ccc(CNC(=O)C2CC(CCCc3cccc4ccccc34)c3c(Cl)nc(NC4CCC4)c(=O)n32)cc1. The van der Waals surface area contributed by atoms with Crippen LogP contribution in [0.1, 0.15) is 72.9 Å². The number of anilines is 1. The summed E-state index contributed by atoms with van der Waals surface area (Å²) in [5.41, 5.74) is 8.73. The van der Waals surface area contributed by atoms with Crippen molar-refractivity contribution in [3.63, 3.8) is 0 Å². The predicted octanol–water partition coefficient (Wildman–Crippen LogP) is 5.67. The molecule has 1 aliphatic heterocycles. The van der Waals surface area contributed by atoms with E-state index in [1.807, 2.05) is 12.1 Å². The monoisotopic (exact) mass is 582 g/mol. The van der Waals surface area contributed by atoms with Crippen LogP contribution in [0.15, 0.2) is 71.5 Å². The zero-order valence-corrected chi connectivity index (χ0v) is 24.2. The Morgan fingerprint density at radius 1 is 1.07 bits per heavy atom. The molecule has 1 fully saturated rings. The van der Waals surface area contributed by atoms with E-state index < -0.39 is 6.04 Å².